The van der Waals surface area contributed by atoms with Gasteiger partial charge in [0.2, 0.25) is 5.89 Å². The number of anilines is 1. The fraction of sp³-hybridized carbons (Fsp3) is 0.160. The summed E-state index contributed by atoms with van der Waals surface area (Å²) in [5.41, 5.74) is 1.90. The Kier molecular flexibility index (Phi) is 7.74. The van der Waals surface area contributed by atoms with Crippen LogP contribution in [0.2, 0.25) is 0 Å². The molecule has 9 nitrogen and oxygen atoms in total. The highest BCUT2D eigenvalue weighted by atomic mass is 32.2. The van der Waals surface area contributed by atoms with Gasteiger partial charge in [0.1, 0.15) is 12.6 Å². The van der Waals surface area contributed by atoms with Crippen molar-refractivity contribution in [1.82, 2.24) is 15.5 Å². The molecule has 2 N–H and O–H groups in total. The number of aromatic nitrogens is 2. The van der Waals surface area contributed by atoms with Crippen LogP contribution in [0.5, 0.6) is 0 Å². The zero-order chi connectivity index (χ0) is 24.5. The maximum atomic E-state index is 12.6. The van der Waals surface area contributed by atoms with Crippen molar-refractivity contribution >= 4 is 22.1 Å². The van der Waals surface area contributed by atoms with E-state index in [4.69, 9.17) is 9.15 Å². The molecule has 3 aromatic carbocycles. The highest BCUT2D eigenvalue weighted by molar-refractivity contribution is 7.92. The van der Waals surface area contributed by atoms with Crippen LogP contribution in [-0.4, -0.2) is 24.7 Å². The third kappa shape index (κ3) is 6.90. The molecule has 180 valence electrons. The molecule has 10 heteroatoms. The Morgan fingerprint density at radius 1 is 0.857 bits per heavy atom. The number of amides is 1. The lowest BCUT2D eigenvalue weighted by atomic mass is 10.1. The molecule has 1 heterocycles. The minimum absolute atomic E-state index is 0.0583. The number of alkyl carbamates (subject to hydrolysis) is 1. The van der Waals surface area contributed by atoms with E-state index >= 15 is 0 Å². The number of hydrogen-bond donors (Lipinski definition) is 2. The van der Waals surface area contributed by atoms with E-state index in [-0.39, 0.29) is 23.4 Å². The van der Waals surface area contributed by atoms with E-state index in [1.807, 2.05) is 60.7 Å². The zero-order valence-corrected chi connectivity index (χ0v) is 19.5. The van der Waals surface area contributed by atoms with Gasteiger partial charge in [-0.05, 0) is 36.1 Å². The SMILES string of the molecule is O=C(NC(CCc1ccccc1)c1nnc(NS(=O)(=O)c2ccccc2)o1)OCc1ccccc1. The number of hydrogen-bond acceptors (Lipinski definition) is 7. The molecule has 1 atom stereocenters. The van der Waals surface area contributed by atoms with Crippen LogP contribution in [0.1, 0.15) is 29.5 Å². The third-order valence-corrected chi connectivity index (χ3v) is 6.42. The van der Waals surface area contributed by atoms with Gasteiger partial charge < -0.3 is 14.5 Å². The van der Waals surface area contributed by atoms with Crippen LogP contribution < -0.4 is 10.0 Å². The Morgan fingerprint density at radius 2 is 1.46 bits per heavy atom. The van der Waals surface area contributed by atoms with Gasteiger partial charge in [-0.1, -0.05) is 84.0 Å². The quantitative estimate of drug-likeness (QED) is 0.335. The summed E-state index contributed by atoms with van der Waals surface area (Å²) in [6.45, 7) is 0.101. The predicted molar refractivity (Wildman–Crippen MR) is 129 cm³/mol. The van der Waals surface area contributed by atoms with Gasteiger partial charge in [-0.2, -0.15) is 0 Å². The lowest BCUT2D eigenvalue weighted by Crippen LogP contribution is -2.29. The lowest BCUT2D eigenvalue weighted by molar-refractivity contribution is 0.133. The molecule has 0 aliphatic rings. The van der Waals surface area contributed by atoms with Gasteiger partial charge in [0.05, 0.1) is 4.90 Å². The fourth-order valence-electron chi connectivity index (χ4n) is 3.31. The van der Waals surface area contributed by atoms with E-state index < -0.39 is 22.2 Å². The molecule has 0 radical (unpaired) electrons. The van der Waals surface area contributed by atoms with Crippen molar-refractivity contribution in [3.05, 3.63) is 108 Å². The van der Waals surface area contributed by atoms with Gasteiger partial charge >= 0.3 is 12.1 Å². The molecule has 4 rings (SSSR count). The highest BCUT2D eigenvalue weighted by Crippen LogP contribution is 2.22. The van der Waals surface area contributed by atoms with Gasteiger partial charge in [0.25, 0.3) is 10.0 Å². The molecule has 1 amide bonds. The number of sulfonamides is 1. The normalized spacial score (nSPS) is 12.0. The Bertz CT molecular complexity index is 1330. The summed E-state index contributed by atoms with van der Waals surface area (Å²) in [7, 11) is -3.90. The average molecular weight is 493 g/mol. The molecular weight excluding hydrogens is 468 g/mol. The standard InChI is InChI=1S/C25H24N4O5S/c30-25(33-18-20-12-6-2-7-13-20)26-22(17-16-19-10-4-1-5-11-19)23-27-28-24(34-23)29-35(31,32)21-14-8-3-9-15-21/h1-15,22H,16-18H2,(H,26,30)(H,28,29). The van der Waals surface area contributed by atoms with Crippen LogP contribution in [0.15, 0.2) is 100 Å². The molecule has 35 heavy (non-hydrogen) atoms. The number of ether oxygens (including phenoxy) is 1. The maximum absolute atomic E-state index is 12.6. The van der Waals surface area contributed by atoms with Gasteiger partial charge in [0, 0.05) is 0 Å². The van der Waals surface area contributed by atoms with Gasteiger partial charge in [-0.25, -0.2) is 17.9 Å². The summed E-state index contributed by atoms with van der Waals surface area (Å²) in [6.07, 6.45) is 0.381. The number of nitrogens with zero attached hydrogens (tertiary/aromatic N) is 2. The van der Waals surface area contributed by atoms with Crippen LogP contribution in [0.4, 0.5) is 10.8 Å². The zero-order valence-electron chi connectivity index (χ0n) is 18.7. The monoisotopic (exact) mass is 492 g/mol. The first-order valence-corrected chi connectivity index (χ1v) is 12.4. The molecule has 0 bridgehead atoms. The molecule has 0 saturated carbocycles. The molecule has 1 aromatic heterocycles. The van der Waals surface area contributed by atoms with E-state index in [0.29, 0.717) is 12.8 Å². The van der Waals surface area contributed by atoms with Crippen molar-refractivity contribution in [2.75, 3.05) is 4.72 Å². The number of rotatable bonds is 10. The second-order valence-corrected chi connectivity index (χ2v) is 9.33. The van der Waals surface area contributed by atoms with Crippen LogP contribution >= 0.6 is 0 Å². The van der Waals surface area contributed by atoms with Gasteiger partial charge in [0.15, 0.2) is 0 Å². The Hall–Kier alpha value is -4.18. The second kappa shape index (κ2) is 11.3. The maximum Gasteiger partial charge on any atom is 0.408 e. The molecule has 1 unspecified atom stereocenters. The minimum atomic E-state index is -3.90. The highest BCUT2D eigenvalue weighted by Gasteiger charge is 2.24. The Labute approximate surface area is 203 Å². The minimum Gasteiger partial charge on any atom is -0.445 e. The molecule has 0 aliphatic heterocycles. The van der Waals surface area contributed by atoms with Crippen molar-refractivity contribution in [1.29, 1.82) is 0 Å². The van der Waals surface area contributed by atoms with Crippen LogP contribution in [-0.2, 0) is 27.8 Å². The predicted octanol–water partition coefficient (Wildman–Crippen LogP) is 4.47. The van der Waals surface area contributed by atoms with Crippen LogP contribution in [0, 0.1) is 0 Å². The number of carbonyl (C=O) groups is 1. The van der Waals surface area contributed by atoms with Crippen LogP contribution in [0.25, 0.3) is 0 Å². The summed E-state index contributed by atoms with van der Waals surface area (Å²) in [4.78, 5) is 12.6. The first kappa shape index (κ1) is 24.0. The van der Waals surface area contributed by atoms with Crippen LogP contribution in [0.3, 0.4) is 0 Å². The number of nitrogens with one attached hydrogen (secondary N) is 2. The summed E-state index contributed by atoms with van der Waals surface area (Å²) in [6, 6.07) is 25.8. The van der Waals surface area contributed by atoms with Crippen molar-refractivity contribution in [3.63, 3.8) is 0 Å². The molecule has 0 aliphatic carbocycles. The molecule has 0 saturated heterocycles. The second-order valence-electron chi connectivity index (χ2n) is 7.65. The van der Waals surface area contributed by atoms with E-state index in [1.54, 1.807) is 18.2 Å². The summed E-state index contributed by atoms with van der Waals surface area (Å²) in [5.74, 6) is 0.0587. The smallest absolute Gasteiger partial charge is 0.408 e. The first-order valence-electron chi connectivity index (χ1n) is 10.9. The number of carbonyl (C=O) groups excluding carboxylic acids is 1. The van der Waals surface area contributed by atoms with E-state index in [9.17, 15) is 13.2 Å². The largest absolute Gasteiger partial charge is 0.445 e. The van der Waals surface area contributed by atoms with Gasteiger partial charge in [-0.3, -0.25) is 0 Å². The summed E-state index contributed by atoms with van der Waals surface area (Å²) in [5, 5.41) is 10.5. The summed E-state index contributed by atoms with van der Waals surface area (Å²) < 4.78 is 38.3. The number of aryl methyl sites for hydroxylation is 1. The molecule has 0 spiro atoms. The lowest BCUT2D eigenvalue weighted by Gasteiger charge is -2.15. The Morgan fingerprint density at radius 3 is 2.11 bits per heavy atom. The topological polar surface area (TPSA) is 123 Å². The van der Waals surface area contributed by atoms with Crippen molar-refractivity contribution in [3.8, 4) is 0 Å². The van der Waals surface area contributed by atoms with Crippen molar-refractivity contribution in [2.24, 2.45) is 0 Å². The van der Waals surface area contributed by atoms with Gasteiger partial charge in [-0.15, -0.1) is 5.10 Å². The molecular formula is C25H24N4O5S. The Balaban J connectivity index is 1.46. The van der Waals surface area contributed by atoms with E-state index in [0.717, 1.165) is 11.1 Å². The van der Waals surface area contributed by atoms with E-state index in [2.05, 4.69) is 20.2 Å². The third-order valence-electron chi connectivity index (χ3n) is 5.08. The summed E-state index contributed by atoms with van der Waals surface area (Å²) >= 11 is 0. The van der Waals surface area contributed by atoms with Crippen molar-refractivity contribution < 1.29 is 22.4 Å². The first-order chi connectivity index (χ1) is 17.0. The number of benzene rings is 3. The molecule has 4 aromatic rings. The van der Waals surface area contributed by atoms with Crippen molar-refractivity contribution in [2.45, 2.75) is 30.4 Å². The fourth-order valence-corrected chi connectivity index (χ4v) is 4.26. The molecule has 0 fully saturated rings. The average Bonchev–Trinajstić information content (AvgIpc) is 3.34. The van der Waals surface area contributed by atoms with E-state index in [1.165, 1.54) is 12.1 Å².